The number of imidazole rings is 1. The Morgan fingerprint density at radius 1 is 1.67 bits per heavy atom. The van der Waals surface area contributed by atoms with Crippen LogP contribution in [0.1, 0.15) is 16.5 Å². The molecule has 0 atom stereocenters. The van der Waals surface area contributed by atoms with Gasteiger partial charge < -0.3 is 10.3 Å². The monoisotopic (exact) mass is 238 g/mol. The highest BCUT2D eigenvalue weighted by molar-refractivity contribution is 7.80. The Morgan fingerprint density at radius 3 is 3.07 bits per heavy atom. The van der Waals surface area contributed by atoms with Crippen LogP contribution in [0.15, 0.2) is 17.8 Å². The zero-order chi connectivity index (χ0) is 10.8. The molecule has 2 heterocycles. The van der Waals surface area contributed by atoms with Gasteiger partial charge in [-0.05, 0) is 6.92 Å². The van der Waals surface area contributed by atoms with Crippen molar-refractivity contribution in [2.45, 2.75) is 13.5 Å². The fraction of sp³-hybridized carbons (Fsp3) is 0.222. The Bertz CT molecular complexity index is 486. The lowest BCUT2D eigenvalue weighted by Crippen LogP contribution is -2.17. The summed E-state index contributed by atoms with van der Waals surface area (Å²) in [6, 6.07) is 0. The highest BCUT2D eigenvalue weighted by Gasteiger charge is 2.07. The maximum absolute atomic E-state index is 5.55. The number of aromatic nitrogens is 3. The lowest BCUT2D eigenvalue weighted by atomic mass is 10.4. The minimum Gasteiger partial charge on any atom is -0.387 e. The standard InChI is InChI=1S/C9H10N4S2/c1-6-12-7(5-15-6)4-13-3-2-11-9(13)8(10)14/h2-3,5H,4H2,1H3,(H2,10,14). The predicted molar refractivity (Wildman–Crippen MR) is 64.1 cm³/mol. The average molecular weight is 238 g/mol. The summed E-state index contributed by atoms with van der Waals surface area (Å²) in [6.07, 6.45) is 3.54. The molecule has 0 aliphatic rings. The molecule has 4 nitrogen and oxygen atoms in total. The highest BCUT2D eigenvalue weighted by atomic mass is 32.1. The van der Waals surface area contributed by atoms with Crippen molar-refractivity contribution in [2.24, 2.45) is 5.73 Å². The molecule has 0 fully saturated rings. The minimum absolute atomic E-state index is 0.312. The van der Waals surface area contributed by atoms with E-state index in [0.29, 0.717) is 17.4 Å². The van der Waals surface area contributed by atoms with Crippen LogP contribution in [0.4, 0.5) is 0 Å². The molecule has 0 saturated heterocycles. The summed E-state index contributed by atoms with van der Waals surface area (Å²) in [5, 5.41) is 3.08. The van der Waals surface area contributed by atoms with Gasteiger partial charge in [-0.25, -0.2) is 9.97 Å². The lowest BCUT2D eigenvalue weighted by Gasteiger charge is -2.03. The van der Waals surface area contributed by atoms with E-state index in [-0.39, 0.29) is 0 Å². The maximum Gasteiger partial charge on any atom is 0.167 e. The average Bonchev–Trinajstić information content (AvgIpc) is 2.75. The van der Waals surface area contributed by atoms with Crippen molar-refractivity contribution >= 4 is 28.5 Å². The van der Waals surface area contributed by atoms with Crippen LogP contribution < -0.4 is 5.73 Å². The first-order chi connectivity index (χ1) is 7.16. The molecule has 2 aromatic heterocycles. The molecule has 0 bridgehead atoms. The van der Waals surface area contributed by atoms with Crippen molar-refractivity contribution in [2.75, 3.05) is 0 Å². The third kappa shape index (κ3) is 2.21. The smallest absolute Gasteiger partial charge is 0.167 e. The Morgan fingerprint density at radius 2 is 2.47 bits per heavy atom. The lowest BCUT2D eigenvalue weighted by molar-refractivity contribution is 0.768. The Balaban J connectivity index is 2.24. The van der Waals surface area contributed by atoms with Crippen molar-refractivity contribution in [3.63, 3.8) is 0 Å². The van der Waals surface area contributed by atoms with Gasteiger partial charge in [-0.15, -0.1) is 11.3 Å². The summed E-state index contributed by atoms with van der Waals surface area (Å²) >= 11 is 6.53. The fourth-order valence-corrected chi connectivity index (χ4v) is 2.09. The number of rotatable bonds is 3. The summed E-state index contributed by atoms with van der Waals surface area (Å²) in [5.74, 6) is 0.635. The first kappa shape index (κ1) is 10.3. The number of nitrogens with zero attached hydrogens (tertiary/aromatic N) is 3. The predicted octanol–water partition coefficient (Wildman–Crippen LogP) is 1.33. The van der Waals surface area contributed by atoms with E-state index in [0.717, 1.165) is 10.7 Å². The van der Waals surface area contributed by atoms with Gasteiger partial charge in [0, 0.05) is 17.8 Å². The van der Waals surface area contributed by atoms with Crippen LogP contribution in [-0.4, -0.2) is 19.5 Å². The van der Waals surface area contributed by atoms with Crippen molar-refractivity contribution < 1.29 is 0 Å². The van der Waals surface area contributed by atoms with E-state index >= 15 is 0 Å². The van der Waals surface area contributed by atoms with E-state index in [1.165, 1.54) is 0 Å². The molecule has 0 amide bonds. The van der Waals surface area contributed by atoms with Gasteiger partial charge in [0.25, 0.3) is 0 Å². The van der Waals surface area contributed by atoms with Crippen molar-refractivity contribution in [3.05, 3.63) is 34.3 Å². The topological polar surface area (TPSA) is 56.7 Å². The first-order valence-electron chi connectivity index (χ1n) is 4.39. The molecular weight excluding hydrogens is 228 g/mol. The maximum atomic E-state index is 5.55. The summed E-state index contributed by atoms with van der Waals surface area (Å²) in [7, 11) is 0. The van der Waals surface area contributed by atoms with Gasteiger partial charge in [0.15, 0.2) is 5.82 Å². The number of hydrogen-bond donors (Lipinski definition) is 1. The molecule has 2 N–H and O–H groups in total. The van der Waals surface area contributed by atoms with Crippen LogP contribution >= 0.6 is 23.6 Å². The SMILES string of the molecule is Cc1nc(Cn2ccnc2C(N)=S)cs1. The molecule has 15 heavy (non-hydrogen) atoms. The third-order valence-electron chi connectivity index (χ3n) is 1.93. The van der Waals surface area contributed by atoms with Gasteiger partial charge in [0.2, 0.25) is 0 Å². The largest absolute Gasteiger partial charge is 0.387 e. The van der Waals surface area contributed by atoms with Gasteiger partial charge >= 0.3 is 0 Å². The van der Waals surface area contributed by atoms with Gasteiger partial charge in [-0.2, -0.15) is 0 Å². The van der Waals surface area contributed by atoms with Crippen LogP contribution in [0.2, 0.25) is 0 Å². The third-order valence-corrected chi connectivity index (χ3v) is 2.94. The van der Waals surface area contributed by atoms with Crippen LogP contribution in [0.25, 0.3) is 0 Å². The van der Waals surface area contributed by atoms with Gasteiger partial charge in [-0.1, -0.05) is 12.2 Å². The Hall–Kier alpha value is -1.27. The Labute approximate surface area is 96.8 Å². The number of nitrogens with two attached hydrogens (primary N) is 1. The van der Waals surface area contributed by atoms with Crippen LogP contribution in [0.5, 0.6) is 0 Å². The molecule has 0 aromatic carbocycles. The molecule has 0 radical (unpaired) electrons. The van der Waals surface area contributed by atoms with Crippen LogP contribution in [0.3, 0.4) is 0 Å². The molecule has 0 aliphatic heterocycles. The summed E-state index contributed by atoms with van der Waals surface area (Å²) < 4.78 is 1.90. The van der Waals surface area contributed by atoms with Gasteiger partial charge in [-0.3, -0.25) is 0 Å². The number of thiocarbonyl (C=S) groups is 1. The summed E-state index contributed by atoms with van der Waals surface area (Å²) in [5.41, 5.74) is 6.56. The van der Waals surface area contributed by atoms with Crippen molar-refractivity contribution in [1.29, 1.82) is 0 Å². The first-order valence-corrected chi connectivity index (χ1v) is 5.67. The number of hydrogen-bond acceptors (Lipinski definition) is 4. The molecule has 6 heteroatoms. The van der Waals surface area contributed by atoms with Gasteiger partial charge in [0.05, 0.1) is 17.2 Å². The quantitative estimate of drug-likeness (QED) is 0.820. The number of aryl methyl sites for hydroxylation is 1. The normalized spacial score (nSPS) is 10.5. The van der Waals surface area contributed by atoms with E-state index in [4.69, 9.17) is 18.0 Å². The van der Waals surface area contributed by atoms with E-state index in [9.17, 15) is 0 Å². The molecule has 0 spiro atoms. The zero-order valence-electron chi connectivity index (χ0n) is 8.17. The molecule has 0 unspecified atom stereocenters. The Kier molecular flexibility index (Phi) is 2.79. The fourth-order valence-electron chi connectivity index (χ4n) is 1.32. The second-order valence-corrected chi connectivity index (χ2v) is 4.60. The van der Waals surface area contributed by atoms with E-state index in [1.54, 1.807) is 17.5 Å². The minimum atomic E-state index is 0.312. The van der Waals surface area contributed by atoms with Crippen LogP contribution in [0, 0.1) is 6.92 Å². The summed E-state index contributed by atoms with van der Waals surface area (Å²) in [6.45, 7) is 2.65. The molecule has 78 valence electrons. The molecule has 0 aliphatic carbocycles. The van der Waals surface area contributed by atoms with E-state index in [1.807, 2.05) is 23.1 Å². The van der Waals surface area contributed by atoms with Gasteiger partial charge in [0.1, 0.15) is 4.99 Å². The van der Waals surface area contributed by atoms with Crippen molar-refractivity contribution in [1.82, 2.24) is 14.5 Å². The highest BCUT2D eigenvalue weighted by Crippen LogP contribution is 2.10. The van der Waals surface area contributed by atoms with Crippen LogP contribution in [-0.2, 0) is 6.54 Å². The molecule has 2 rings (SSSR count). The number of thiazole rings is 1. The molecule has 2 aromatic rings. The summed E-state index contributed by atoms with van der Waals surface area (Å²) in [4.78, 5) is 8.77. The van der Waals surface area contributed by atoms with Crippen molar-refractivity contribution in [3.8, 4) is 0 Å². The zero-order valence-corrected chi connectivity index (χ0v) is 9.81. The van der Waals surface area contributed by atoms with E-state index < -0.39 is 0 Å². The second kappa shape index (κ2) is 4.08. The second-order valence-electron chi connectivity index (χ2n) is 3.10. The molecule has 0 saturated carbocycles. The van der Waals surface area contributed by atoms with E-state index in [2.05, 4.69) is 9.97 Å². The molecular formula is C9H10N4S2.